The van der Waals surface area contributed by atoms with E-state index in [0.717, 1.165) is 12.8 Å². The highest BCUT2D eigenvalue weighted by Crippen LogP contribution is 2.25. The summed E-state index contributed by atoms with van der Waals surface area (Å²) >= 11 is 0. The summed E-state index contributed by atoms with van der Waals surface area (Å²) in [6.45, 7) is 3.63. The van der Waals surface area contributed by atoms with Gasteiger partial charge in [-0.2, -0.15) is 0 Å². The van der Waals surface area contributed by atoms with Crippen molar-refractivity contribution in [2.75, 3.05) is 0 Å². The maximum absolute atomic E-state index is 11.3. The van der Waals surface area contributed by atoms with Crippen molar-refractivity contribution in [3.05, 3.63) is 0 Å². The first-order valence-corrected chi connectivity index (χ1v) is 5.86. The van der Waals surface area contributed by atoms with Crippen molar-refractivity contribution in [1.82, 2.24) is 0 Å². The summed E-state index contributed by atoms with van der Waals surface area (Å²) in [7, 11) is 0. The normalized spacial score (nSPS) is 25.3. The number of ether oxygens (including phenoxy) is 1. The Morgan fingerprint density at radius 1 is 1.40 bits per heavy atom. The first kappa shape index (κ1) is 12.2. The Morgan fingerprint density at radius 2 is 2.13 bits per heavy atom. The lowest BCUT2D eigenvalue weighted by Gasteiger charge is -2.07. The van der Waals surface area contributed by atoms with Crippen LogP contribution < -0.4 is 0 Å². The van der Waals surface area contributed by atoms with E-state index in [1.54, 1.807) is 0 Å². The van der Waals surface area contributed by atoms with Gasteiger partial charge >= 0.3 is 5.97 Å². The van der Waals surface area contributed by atoms with Crippen LogP contribution in [0.5, 0.6) is 0 Å². The number of hydrogen-bond acceptors (Lipinski definition) is 3. The molecule has 0 bridgehead atoms. The van der Waals surface area contributed by atoms with E-state index in [9.17, 15) is 9.59 Å². The Balaban J connectivity index is 2.23. The maximum atomic E-state index is 11.3. The largest absolute Gasteiger partial charge is 0.462 e. The molecule has 0 aromatic heterocycles. The highest BCUT2D eigenvalue weighted by Gasteiger charge is 2.36. The van der Waals surface area contributed by atoms with Gasteiger partial charge in [-0.25, -0.2) is 0 Å². The Labute approximate surface area is 91.2 Å². The molecule has 0 amide bonds. The van der Waals surface area contributed by atoms with E-state index in [1.165, 1.54) is 26.2 Å². The van der Waals surface area contributed by atoms with E-state index in [-0.39, 0.29) is 17.9 Å². The summed E-state index contributed by atoms with van der Waals surface area (Å²) in [4.78, 5) is 22.3. The van der Waals surface area contributed by atoms with Gasteiger partial charge in [-0.3, -0.25) is 9.59 Å². The quantitative estimate of drug-likeness (QED) is 0.386. The zero-order chi connectivity index (χ0) is 11.3. The topological polar surface area (TPSA) is 43.4 Å². The highest BCUT2D eigenvalue weighted by molar-refractivity contribution is 5.98. The lowest BCUT2D eigenvalue weighted by Crippen LogP contribution is -2.15. The molecule has 0 saturated carbocycles. The van der Waals surface area contributed by atoms with Crippen LogP contribution in [-0.4, -0.2) is 17.9 Å². The minimum atomic E-state index is -0.485. The summed E-state index contributed by atoms with van der Waals surface area (Å²) in [5.74, 6) is -0.861. The molecule has 1 rings (SSSR count). The molecule has 0 spiro atoms. The van der Waals surface area contributed by atoms with Gasteiger partial charge in [0.25, 0.3) is 0 Å². The minimum Gasteiger partial charge on any atom is -0.462 e. The van der Waals surface area contributed by atoms with Crippen LogP contribution in [0.3, 0.4) is 0 Å². The number of unbranched alkanes of at least 4 members (excludes halogenated alkanes) is 3. The van der Waals surface area contributed by atoms with Crippen molar-refractivity contribution in [1.29, 1.82) is 0 Å². The van der Waals surface area contributed by atoms with Crippen molar-refractivity contribution in [2.24, 2.45) is 5.92 Å². The number of carbonyl (C=O) groups excluding carboxylic acids is 2. The predicted octanol–water partition coefficient (Wildman–Crippen LogP) is 2.48. The Kier molecular flexibility index (Phi) is 4.79. The molecule has 2 atom stereocenters. The number of Topliss-reactive ketones (excluding diaryl/α,β-unsaturated/α-hetero) is 1. The second-order valence-corrected chi connectivity index (χ2v) is 4.31. The van der Waals surface area contributed by atoms with Crippen molar-refractivity contribution >= 4 is 11.8 Å². The number of rotatable bonds is 6. The van der Waals surface area contributed by atoms with Crippen LogP contribution in [0.15, 0.2) is 0 Å². The fraction of sp³-hybridized carbons (Fsp3) is 0.833. The first-order valence-electron chi connectivity index (χ1n) is 5.86. The summed E-state index contributed by atoms with van der Waals surface area (Å²) < 4.78 is 5.16. The first-order chi connectivity index (χ1) is 7.15. The molecule has 3 nitrogen and oxygen atoms in total. The third kappa shape index (κ3) is 3.65. The molecule has 86 valence electrons. The molecular weight excluding hydrogens is 192 g/mol. The van der Waals surface area contributed by atoms with Gasteiger partial charge in [-0.15, -0.1) is 0 Å². The van der Waals surface area contributed by atoms with Crippen molar-refractivity contribution in [3.8, 4) is 0 Å². The van der Waals surface area contributed by atoms with E-state index in [1.807, 2.05) is 0 Å². The van der Waals surface area contributed by atoms with Gasteiger partial charge in [0, 0.05) is 6.42 Å². The van der Waals surface area contributed by atoms with Gasteiger partial charge < -0.3 is 4.74 Å². The molecular formula is C12H20O3. The van der Waals surface area contributed by atoms with E-state index >= 15 is 0 Å². The van der Waals surface area contributed by atoms with Crippen LogP contribution in [0.1, 0.15) is 52.4 Å². The molecule has 0 radical (unpaired) electrons. The van der Waals surface area contributed by atoms with Crippen LogP contribution in [0.4, 0.5) is 0 Å². The molecule has 1 fully saturated rings. The van der Waals surface area contributed by atoms with Gasteiger partial charge in [0.05, 0.1) is 0 Å². The molecule has 0 aromatic carbocycles. The summed E-state index contributed by atoms with van der Waals surface area (Å²) in [6, 6.07) is 0. The number of ketones is 1. The van der Waals surface area contributed by atoms with Gasteiger partial charge in [-0.05, 0) is 19.8 Å². The van der Waals surface area contributed by atoms with Crippen molar-refractivity contribution in [3.63, 3.8) is 0 Å². The fourth-order valence-corrected chi connectivity index (χ4v) is 1.96. The standard InChI is InChI=1S/C12H20O3/c1-3-4-5-6-7-10-8-11(9(2)13)12(14)15-10/h10-11H,3-8H2,1-2H3. The molecule has 0 N–H and O–H groups in total. The van der Waals surface area contributed by atoms with Gasteiger partial charge in [0.15, 0.2) is 0 Å². The Hall–Kier alpha value is -0.860. The van der Waals surface area contributed by atoms with Gasteiger partial charge in [0.1, 0.15) is 17.8 Å². The Bertz CT molecular complexity index is 235. The summed E-state index contributed by atoms with van der Waals surface area (Å²) in [5, 5.41) is 0. The summed E-state index contributed by atoms with van der Waals surface area (Å²) in [5.41, 5.74) is 0. The zero-order valence-electron chi connectivity index (χ0n) is 9.62. The SMILES string of the molecule is CCCCCCC1CC(C(C)=O)C(=O)O1. The monoisotopic (exact) mass is 212 g/mol. The molecule has 1 heterocycles. The second kappa shape index (κ2) is 5.89. The van der Waals surface area contributed by atoms with Gasteiger partial charge in [-0.1, -0.05) is 26.2 Å². The van der Waals surface area contributed by atoms with E-state index in [0.29, 0.717) is 6.42 Å². The lowest BCUT2D eigenvalue weighted by atomic mass is 9.98. The third-order valence-corrected chi connectivity index (χ3v) is 2.94. The molecule has 1 saturated heterocycles. The van der Waals surface area contributed by atoms with E-state index in [4.69, 9.17) is 4.74 Å². The third-order valence-electron chi connectivity index (χ3n) is 2.94. The predicted molar refractivity (Wildman–Crippen MR) is 57.4 cm³/mol. The number of cyclic esters (lactones) is 1. The molecule has 2 unspecified atom stereocenters. The number of carbonyl (C=O) groups is 2. The van der Waals surface area contributed by atoms with Crippen LogP contribution in [-0.2, 0) is 14.3 Å². The number of hydrogen-bond donors (Lipinski definition) is 0. The fourth-order valence-electron chi connectivity index (χ4n) is 1.96. The molecule has 3 heteroatoms. The smallest absolute Gasteiger partial charge is 0.316 e. The average molecular weight is 212 g/mol. The van der Waals surface area contributed by atoms with Crippen LogP contribution in [0, 0.1) is 5.92 Å². The zero-order valence-corrected chi connectivity index (χ0v) is 9.62. The summed E-state index contributed by atoms with van der Waals surface area (Å²) in [6.07, 6.45) is 6.22. The molecule has 1 aliphatic rings. The minimum absolute atomic E-state index is 0.0109. The lowest BCUT2D eigenvalue weighted by molar-refractivity contribution is -0.146. The van der Waals surface area contributed by atoms with Crippen molar-refractivity contribution in [2.45, 2.75) is 58.5 Å². The van der Waals surface area contributed by atoms with Crippen molar-refractivity contribution < 1.29 is 14.3 Å². The van der Waals surface area contributed by atoms with E-state index < -0.39 is 5.92 Å². The van der Waals surface area contributed by atoms with Gasteiger partial charge in [0.2, 0.25) is 0 Å². The van der Waals surface area contributed by atoms with Crippen LogP contribution in [0.2, 0.25) is 0 Å². The molecule has 0 aromatic rings. The average Bonchev–Trinajstić information content (AvgIpc) is 2.55. The molecule has 1 aliphatic heterocycles. The second-order valence-electron chi connectivity index (χ2n) is 4.31. The molecule has 0 aliphatic carbocycles. The molecule has 15 heavy (non-hydrogen) atoms. The Morgan fingerprint density at radius 3 is 2.67 bits per heavy atom. The van der Waals surface area contributed by atoms with Crippen LogP contribution >= 0.6 is 0 Å². The van der Waals surface area contributed by atoms with E-state index in [2.05, 4.69) is 6.92 Å². The number of esters is 1. The highest BCUT2D eigenvalue weighted by atomic mass is 16.6. The van der Waals surface area contributed by atoms with Crippen LogP contribution in [0.25, 0.3) is 0 Å². The maximum Gasteiger partial charge on any atom is 0.316 e.